The highest BCUT2D eigenvalue weighted by Crippen LogP contribution is 2.38. The van der Waals surface area contributed by atoms with Gasteiger partial charge in [0, 0.05) is 30.5 Å². The van der Waals surface area contributed by atoms with E-state index in [4.69, 9.17) is 16.3 Å². The lowest BCUT2D eigenvalue weighted by Crippen LogP contribution is -2.42. The van der Waals surface area contributed by atoms with Gasteiger partial charge in [-0.1, -0.05) is 23.7 Å². The van der Waals surface area contributed by atoms with E-state index in [9.17, 15) is 5.11 Å². The molecule has 4 rings (SSSR count). The number of ether oxygens (including phenoxy) is 1. The van der Waals surface area contributed by atoms with Crippen molar-refractivity contribution in [2.75, 3.05) is 19.6 Å². The van der Waals surface area contributed by atoms with E-state index in [1.165, 1.54) is 5.56 Å². The zero-order valence-electron chi connectivity index (χ0n) is 15.5. The summed E-state index contributed by atoms with van der Waals surface area (Å²) in [5.41, 5.74) is 1.31. The molecule has 2 aliphatic rings. The van der Waals surface area contributed by atoms with E-state index in [0.717, 1.165) is 51.1 Å². The largest absolute Gasteiger partial charge is 0.488 e. The van der Waals surface area contributed by atoms with Gasteiger partial charge in [0.15, 0.2) is 0 Å². The van der Waals surface area contributed by atoms with Crippen molar-refractivity contribution in [1.29, 1.82) is 0 Å². The Hall–Kier alpha value is -1.62. The molecule has 1 aromatic carbocycles. The molecule has 1 N–H and O–H groups in total. The van der Waals surface area contributed by atoms with Crippen molar-refractivity contribution in [2.24, 2.45) is 11.8 Å². The highest BCUT2D eigenvalue weighted by molar-refractivity contribution is 6.30. The second-order valence-corrected chi connectivity index (χ2v) is 8.33. The van der Waals surface area contributed by atoms with E-state index in [1.807, 2.05) is 42.7 Å². The Bertz CT molecular complexity index is 742. The van der Waals surface area contributed by atoms with Crippen LogP contribution in [0.25, 0.3) is 0 Å². The van der Waals surface area contributed by atoms with Crippen LogP contribution in [0.1, 0.15) is 24.8 Å². The highest BCUT2D eigenvalue weighted by atomic mass is 35.5. The Morgan fingerprint density at radius 3 is 2.78 bits per heavy atom. The van der Waals surface area contributed by atoms with Crippen LogP contribution in [0, 0.1) is 11.8 Å². The van der Waals surface area contributed by atoms with E-state index in [0.29, 0.717) is 16.9 Å². The Kier molecular flexibility index (Phi) is 5.96. The number of aryl methyl sites for hydroxylation is 1. The minimum atomic E-state index is -0.402. The van der Waals surface area contributed by atoms with Crippen LogP contribution in [-0.4, -0.2) is 46.8 Å². The van der Waals surface area contributed by atoms with Crippen LogP contribution in [-0.2, 0) is 6.42 Å². The third kappa shape index (κ3) is 4.81. The first-order valence-corrected chi connectivity index (χ1v) is 10.3. The quantitative estimate of drug-likeness (QED) is 0.819. The third-order valence-corrected chi connectivity index (χ3v) is 6.14. The molecule has 0 spiro atoms. The molecule has 2 heterocycles. The molecule has 144 valence electrons. The molecule has 0 amide bonds. The second-order valence-electron chi connectivity index (χ2n) is 7.90. The molecular formula is C22H27ClN2O2. The van der Waals surface area contributed by atoms with Crippen molar-refractivity contribution in [3.05, 3.63) is 59.4 Å². The van der Waals surface area contributed by atoms with Crippen LogP contribution in [0.3, 0.4) is 0 Å². The lowest BCUT2D eigenvalue weighted by molar-refractivity contribution is -0.0231. The molecule has 4 nitrogen and oxygen atoms in total. The predicted octanol–water partition coefficient (Wildman–Crippen LogP) is 3.82. The summed E-state index contributed by atoms with van der Waals surface area (Å²) in [6.45, 7) is 3.32. The second kappa shape index (κ2) is 8.59. The third-order valence-electron chi connectivity index (χ3n) is 5.91. The number of aliphatic hydroxyl groups is 1. The molecule has 2 fully saturated rings. The molecule has 0 radical (unpaired) electrons. The maximum absolute atomic E-state index is 10.6. The monoisotopic (exact) mass is 386 g/mol. The summed E-state index contributed by atoms with van der Waals surface area (Å²) < 4.78 is 6.07. The number of aliphatic hydroxyl groups excluding tert-OH is 1. The topological polar surface area (TPSA) is 45.6 Å². The number of aromatic nitrogens is 1. The molecule has 1 aliphatic heterocycles. The standard InChI is InChI=1S/C22H27ClN2O2/c23-19-6-1-7-20(12-19)27-22-11-18-15-25(14-17(18)10-21(22)26)9-3-5-16-4-2-8-24-13-16/h1-2,4,6-8,12-13,17-18,21-22,26H,3,5,9-11,14-15H2/t17-,18+,21+,22+/m0/s1. The first-order valence-electron chi connectivity index (χ1n) is 9.89. The van der Waals surface area contributed by atoms with Gasteiger partial charge in [-0.2, -0.15) is 0 Å². The fourth-order valence-electron chi connectivity index (χ4n) is 4.56. The minimum absolute atomic E-state index is 0.139. The van der Waals surface area contributed by atoms with Gasteiger partial charge in [0.25, 0.3) is 0 Å². The molecule has 2 aromatic rings. The summed E-state index contributed by atoms with van der Waals surface area (Å²) in [5.74, 6) is 1.94. The van der Waals surface area contributed by atoms with Gasteiger partial charge >= 0.3 is 0 Å². The van der Waals surface area contributed by atoms with Crippen molar-refractivity contribution < 1.29 is 9.84 Å². The molecule has 1 saturated heterocycles. The lowest BCUT2D eigenvalue weighted by Gasteiger charge is -2.35. The van der Waals surface area contributed by atoms with Crippen molar-refractivity contribution in [1.82, 2.24) is 9.88 Å². The van der Waals surface area contributed by atoms with E-state index >= 15 is 0 Å². The highest BCUT2D eigenvalue weighted by Gasteiger charge is 2.42. The van der Waals surface area contributed by atoms with Gasteiger partial charge in [0.1, 0.15) is 11.9 Å². The number of benzene rings is 1. The van der Waals surface area contributed by atoms with Crippen LogP contribution in [0.4, 0.5) is 0 Å². The number of fused-ring (bicyclic) bond motifs is 1. The Morgan fingerprint density at radius 1 is 1.15 bits per heavy atom. The smallest absolute Gasteiger partial charge is 0.125 e. The number of pyridine rings is 1. The molecule has 27 heavy (non-hydrogen) atoms. The van der Waals surface area contributed by atoms with Gasteiger partial charge < -0.3 is 14.7 Å². The van der Waals surface area contributed by atoms with Crippen molar-refractivity contribution in [3.8, 4) is 5.75 Å². The molecule has 4 atom stereocenters. The normalized spacial score (nSPS) is 28.1. The fourth-order valence-corrected chi connectivity index (χ4v) is 4.74. The first-order chi connectivity index (χ1) is 13.2. The zero-order valence-corrected chi connectivity index (χ0v) is 16.3. The van der Waals surface area contributed by atoms with E-state index in [2.05, 4.69) is 16.0 Å². The van der Waals surface area contributed by atoms with Gasteiger partial charge in [0.05, 0.1) is 6.10 Å². The Labute approximate surface area is 166 Å². The number of nitrogens with zero attached hydrogens (tertiary/aromatic N) is 2. The van der Waals surface area contributed by atoms with Crippen molar-refractivity contribution >= 4 is 11.6 Å². The summed E-state index contributed by atoms with van der Waals surface area (Å²) in [7, 11) is 0. The fraction of sp³-hybridized carbons (Fsp3) is 0.500. The molecule has 1 aliphatic carbocycles. The van der Waals surface area contributed by atoms with Gasteiger partial charge in [-0.3, -0.25) is 4.98 Å². The number of halogens is 1. The SMILES string of the molecule is O[C@@H]1C[C@H]2CN(CCCc3cccnc3)C[C@H]2C[C@H]1Oc1cccc(Cl)c1. The summed E-state index contributed by atoms with van der Waals surface area (Å²) in [6, 6.07) is 11.6. The average Bonchev–Trinajstić information content (AvgIpc) is 3.04. The van der Waals surface area contributed by atoms with E-state index < -0.39 is 6.10 Å². The van der Waals surface area contributed by atoms with Crippen LogP contribution >= 0.6 is 11.6 Å². The molecular weight excluding hydrogens is 360 g/mol. The number of hydrogen-bond donors (Lipinski definition) is 1. The van der Waals surface area contributed by atoms with Crippen molar-refractivity contribution in [3.63, 3.8) is 0 Å². The number of rotatable bonds is 6. The van der Waals surface area contributed by atoms with E-state index in [-0.39, 0.29) is 6.10 Å². The number of likely N-dealkylation sites (tertiary alicyclic amines) is 1. The van der Waals surface area contributed by atoms with Crippen molar-refractivity contribution in [2.45, 2.75) is 37.9 Å². The average molecular weight is 387 g/mol. The molecule has 0 bridgehead atoms. The summed E-state index contributed by atoms with van der Waals surface area (Å²) >= 11 is 6.05. The van der Waals surface area contributed by atoms with Crippen LogP contribution in [0.5, 0.6) is 5.75 Å². The van der Waals surface area contributed by atoms with Crippen LogP contribution in [0.15, 0.2) is 48.8 Å². The molecule has 0 unspecified atom stereocenters. The minimum Gasteiger partial charge on any atom is -0.488 e. The van der Waals surface area contributed by atoms with Gasteiger partial charge in [-0.15, -0.1) is 0 Å². The Balaban J connectivity index is 1.28. The summed E-state index contributed by atoms with van der Waals surface area (Å²) in [5, 5.41) is 11.2. The summed E-state index contributed by atoms with van der Waals surface area (Å²) in [6.07, 6.45) is 7.20. The van der Waals surface area contributed by atoms with Gasteiger partial charge in [0.2, 0.25) is 0 Å². The maximum atomic E-state index is 10.6. The zero-order chi connectivity index (χ0) is 18.6. The maximum Gasteiger partial charge on any atom is 0.125 e. The Morgan fingerprint density at radius 2 is 2.00 bits per heavy atom. The molecule has 5 heteroatoms. The molecule has 1 saturated carbocycles. The first kappa shape index (κ1) is 18.7. The van der Waals surface area contributed by atoms with Crippen LogP contribution in [0.2, 0.25) is 5.02 Å². The summed E-state index contributed by atoms with van der Waals surface area (Å²) in [4.78, 5) is 6.74. The predicted molar refractivity (Wildman–Crippen MR) is 107 cm³/mol. The van der Waals surface area contributed by atoms with E-state index in [1.54, 1.807) is 0 Å². The van der Waals surface area contributed by atoms with Gasteiger partial charge in [-0.25, -0.2) is 0 Å². The van der Waals surface area contributed by atoms with Gasteiger partial charge in [-0.05, 0) is 73.9 Å². The number of hydrogen-bond acceptors (Lipinski definition) is 4. The lowest BCUT2D eigenvalue weighted by atomic mass is 9.78. The molecule has 1 aromatic heterocycles. The van der Waals surface area contributed by atoms with Crippen LogP contribution < -0.4 is 4.74 Å².